The highest BCUT2D eigenvalue weighted by molar-refractivity contribution is 7.15. The predicted molar refractivity (Wildman–Crippen MR) is 97.4 cm³/mol. The maximum absolute atomic E-state index is 14.0. The monoisotopic (exact) mass is 391 g/mol. The molecule has 0 radical (unpaired) electrons. The first-order chi connectivity index (χ1) is 12.5. The minimum Gasteiger partial charge on any atom is -0.379 e. The van der Waals surface area contributed by atoms with Crippen molar-refractivity contribution in [3.63, 3.8) is 0 Å². The molecule has 0 saturated heterocycles. The molecule has 0 spiro atoms. The normalized spacial score (nSPS) is 10.5. The average Bonchev–Trinajstić information content (AvgIpc) is 3.05. The van der Waals surface area contributed by atoms with E-state index in [0.717, 1.165) is 17.0 Å². The van der Waals surface area contributed by atoms with Crippen LogP contribution in [0.25, 0.3) is 0 Å². The van der Waals surface area contributed by atoms with Crippen LogP contribution in [0.5, 0.6) is 0 Å². The summed E-state index contributed by atoms with van der Waals surface area (Å²) in [7, 11) is 0. The van der Waals surface area contributed by atoms with E-state index in [0.29, 0.717) is 16.7 Å². The van der Waals surface area contributed by atoms with Gasteiger partial charge in [0.25, 0.3) is 5.69 Å². The van der Waals surface area contributed by atoms with Crippen LogP contribution < -0.4 is 5.32 Å². The number of carbonyl (C=O) groups excluding carboxylic acids is 1. The molecule has 0 aliphatic heterocycles. The van der Waals surface area contributed by atoms with Crippen LogP contribution in [0, 0.1) is 15.9 Å². The standard InChI is InChI=1S/C17H11ClFN3O3S/c18-17-21-9-11(26-17)8-20-15-6-5-10(22(24)25)7-13(15)16(23)12-3-1-2-4-14(12)19/h1-7,9,20H,8H2. The molecule has 0 saturated carbocycles. The third-order valence-corrected chi connectivity index (χ3v) is 4.67. The quantitative estimate of drug-likeness (QED) is 0.374. The Labute approximate surface area is 156 Å². The molecule has 3 rings (SSSR count). The van der Waals surface area contributed by atoms with Crippen LogP contribution in [0.15, 0.2) is 48.7 Å². The zero-order valence-corrected chi connectivity index (χ0v) is 14.7. The molecule has 0 atom stereocenters. The summed E-state index contributed by atoms with van der Waals surface area (Å²) in [6, 6.07) is 9.33. The Bertz CT molecular complexity index is 993. The van der Waals surface area contributed by atoms with Gasteiger partial charge in [-0.1, -0.05) is 23.7 Å². The Morgan fingerprint density at radius 3 is 2.69 bits per heavy atom. The molecule has 1 aromatic heterocycles. The van der Waals surface area contributed by atoms with Gasteiger partial charge in [0, 0.05) is 28.9 Å². The van der Waals surface area contributed by atoms with Crippen LogP contribution in [0.2, 0.25) is 4.47 Å². The number of nitrogens with one attached hydrogen (secondary N) is 1. The van der Waals surface area contributed by atoms with Gasteiger partial charge in [0.1, 0.15) is 5.82 Å². The molecule has 1 N–H and O–H groups in total. The number of thiazole rings is 1. The highest BCUT2D eigenvalue weighted by Gasteiger charge is 2.20. The van der Waals surface area contributed by atoms with E-state index in [2.05, 4.69) is 10.3 Å². The largest absolute Gasteiger partial charge is 0.379 e. The van der Waals surface area contributed by atoms with Crippen molar-refractivity contribution in [2.75, 3.05) is 5.32 Å². The van der Waals surface area contributed by atoms with E-state index in [1.807, 2.05) is 0 Å². The van der Waals surface area contributed by atoms with Gasteiger partial charge in [0.2, 0.25) is 0 Å². The Morgan fingerprint density at radius 1 is 1.27 bits per heavy atom. The fourth-order valence-electron chi connectivity index (χ4n) is 2.33. The summed E-state index contributed by atoms with van der Waals surface area (Å²) in [5.74, 6) is -1.33. The summed E-state index contributed by atoms with van der Waals surface area (Å²) in [4.78, 5) is 27.9. The van der Waals surface area contributed by atoms with Gasteiger partial charge in [0.15, 0.2) is 10.3 Å². The number of nitro groups is 1. The van der Waals surface area contributed by atoms with Crippen LogP contribution in [0.3, 0.4) is 0 Å². The molecule has 26 heavy (non-hydrogen) atoms. The maximum atomic E-state index is 14.0. The Kier molecular flexibility index (Phi) is 5.24. The van der Waals surface area contributed by atoms with E-state index in [1.165, 1.54) is 41.7 Å². The summed E-state index contributed by atoms with van der Waals surface area (Å²) >= 11 is 7.05. The minimum atomic E-state index is -0.691. The number of halogens is 2. The van der Waals surface area contributed by atoms with Crippen molar-refractivity contribution in [2.45, 2.75) is 6.54 Å². The number of non-ortho nitro benzene ring substituents is 1. The lowest BCUT2D eigenvalue weighted by Crippen LogP contribution is -2.10. The molecule has 9 heteroatoms. The van der Waals surface area contributed by atoms with Crippen molar-refractivity contribution >= 4 is 40.1 Å². The lowest BCUT2D eigenvalue weighted by molar-refractivity contribution is -0.384. The molecule has 0 unspecified atom stereocenters. The molecule has 0 amide bonds. The van der Waals surface area contributed by atoms with Gasteiger partial charge in [-0.2, -0.15) is 0 Å². The highest BCUT2D eigenvalue weighted by Crippen LogP contribution is 2.27. The number of benzene rings is 2. The Morgan fingerprint density at radius 2 is 2.04 bits per heavy atom. The van der Waals surface area contributed by atoms with Gasteiger partial charge in [-0.3, -0.25) is 14.9 Å². The minimum absolute atomic E-state index is 0.0138. The van der Waals surface area contributed by atoms with Crippen molar-refractivity contribution in [3.8, 4) is 0 Å². The maximum Gasteiger partial charge on any atom is 0.270 e. The zero-order valence-electron chi connectivity index (χ0n) is 13.1. The van der Waals surface area contributed by atoms with Crippen molar-refractivity contribution in [3.05, 3.63) is 85.1 Å². The number of rotatable bonds is 6. The highest BCUT2D eigenvalue weighted by atomic mass is 35.5. The SMILES string of the molecule is O=C(c1ccccc1F)c1cc([N+](=O)[O-])ccc1NCc1cnc(Cl)s1. The molecular weight excluding hydrogens is 381 g/mol. The molecule has 132 valence electrons. The number of ketones is 1. The van der Waals surface area contributed by atoms with E-state index < -0.39 is 16.5 Å². The van der Waals surface area contributed by atoms with Crippen LogP contribution in [0.1, 0.15) is 20.8 Å². The Hall–Kier alpha value is -2.84. The predicted octanol–water partition coefficient (Wildman–Crippen LogP) is 4.69. The summed E-state index contributed by atoms with van der Waals surface area (Å²) in [6.45, 7) is 0.319. The topological polar surface area (TPSA) is 85.1 Å². The van der Waals surface area contributed by atoms with Gasteiger partial charge in [-0.25, -0.2) is 9.37 Å². The van der Waals surface area contributed by atoms with Gasteiger partial charge in [-0.15, -0.1) is 11.3 Å². The molecule has 1 heterocycles. The summed E-state index contributed by atoms with van der Waals surface area (Å²) in [5, 5.41) is 14.1. The average molecular weight is 392 g/mol. The molecule has 6 nitrogen and oxygen atoms in total. The summed E-state index contributed by atoms with van der Waals surface area (Å²) in [6.07, 6.45) is 1.59. The lowest BCUT2D eigenvalue weighted by Gasteiger charge is -2.11. The number of nitro benzene ring substituents is 1. The second-order valence-electron chi connectivity index (χ2n) is 5.23. The summed E-state index contributed by atoms with van der Waals surface area (Å²) < 4.78 is 14.4. The second kappa shape index (κ2) is 7.59. The number of nitrogens with zero attached hydrogens (tertiary/aromatic N) is 2. The fourth-order valence-corrected chi connectivity index (χ4v) is 3.24. The third-order valence-electron chi connectivity index (χ3n) is 3.56. The smallest absolute Gasteiger partial charge is 0.270 e. The number of hydrogen-bond donors (Lipinski definition) is 1. The van der Waals surface area contributed by atoms with E-state index in [1.54, 1.807) is 6.20 Å². The van der Waals surface area contributed by atoms with Crippen LogP contribution in [-0.4, -0.2) is 15.7 Å². The number of hydrogen-bond acceptors (Lipinski definition) is 6. The van der Waals surface area contributed by atoms with Gasteiger partial charge in [-0.05, 0) is 18.2 Å². The summed E-state index contributed by atoms with van der Waals surface area (Å²) in [5.41, 5.74) is -0.0405. The first-order valence-electron chi connectivity index (χ1n) is 7.37. The molecule has 2 aromatic carbocycles. The number of anilines is 1. The molecule has 0 fully saturated rings. The van der Waals surface area contributed by atoms with Gasteiger partial charge < -0.3 is 5.32 Å². The first kappa shape index (κ1) is 18.0. The lowest BCUT2D eigenvalue weighted by atomic mass is 10.0. The first-order valence-corrected chi connectivity index (χ1v) is 8.57. The van der Waals surface area contributed by atoms with Crippen molar-refractivity contribution in [1.82, 2.24) is 4.98 Å². The van der Waals surface area contributed by atoms with Crippen molar-refractivity contribution in [2.24, 2.45) is 0 Å². The molecule has 0 bridgehead atoms. The van der Waals surface area contributed by atoms with E-state index in [-0.39, 0.29) is 16.8 Å². The van der Waals surface area contributed by atoms with Crippen molar-refractivity contribution < 1.29 is 14.1 Å². The number of carbonyl (C=O) groups is 1. The van der Waals surface area contributed by atoms with Crippen molar-refractivity contribution in [1.29, 1.82) is 0 Å². The van der Waals surface area contributed by atoms with Crippen LogP contribution >= 0.6 is 22.9 Å². The third kappa shape index (κ3) is 3.87. The van der Waals surface area contributed by atoms with E-state index >= 15 is 0 Å². The zero-order chi connectivity index (χ0) is 18.7. The molecule has 0 aliphatic carbocycles. The molecule has 3 aromatic rings. The molecule has 0 aliphatic rings. The van der Waals surface area contributed by atoms with Crippen LogP contribution in [0.4, 0.5) is 15.8 Å². The van der Waals surface area contributed by atoms with Gasteiger partial charge in [0.05, 0.1) is 22.6 Å². The van der Waals surface area contributed by atoms with Gasteiger partial charge >= 0.3 is 0 Å². The number of aromatic nitrogens is 1. The van der Waals surface area contributed by atoms with Crippen LogP contribution in [-0.2, 0) is 6.54 Å². The Balaban J connectivity index is 1.97. The van der Waals surface area contributed by atoms with E-state index in [9.17, 15) is 19.3 Å². The second-order valence-corrected chi connectivity index (χ2v) is 6.93. The fraction of sp³-hybridized carbons (Fsp3) is 0.0588. The van der Waals surface area contributed by atoms with E-state index in [4.69, 9.17) is 11.6 Å². The molecular formula is C17H11ClFN3O3S.